The molecule has 0 aromatic carbocycles. The fourth-order valence-corrected chi connectivity index (χ4v) is 1.69. The van der Waals surface area contributed by atoms with Gasteiger partial charge < -0.3 is 5.32 Å². The number of hydrogen-bond acceptors (Lipinski definition) is 1. The summed E-state index contributed by atoms with van der Waals surface area (Å²) in [6, 6.07) is 0.716. The zero-order valence-electron chi connectivity index (χ0n) is 8.42. The summed E-state index contributed by atoms with van der Waals surface area (Å²) in [6.45, 7) is 7.02. The highest BCUT2D eigenvalue weighted by Crippen LogP contribution is 2.13. The van der Waals surface area contributed by atoms with Gasteiger partial charge >= 0.3 is 0 Å². The molecule has 1 aliphatic heterocycles. The topological polar surface area (TPSA) is 12.0 Å². The van der Waals surface area contributed by atoms with E-state index in [9.17, 15) is 0 Å². The zero-order chi connectivity index (χ0) is 9.52. The summed E-state index contributed by atoms with van der Waals surface area (Å²) in [5.74, 6) is 0. The van der Waals surface area contributed by atoms with Crippen LogP contribution in [-0.4, -0.2) is 12.6 Å². The van der Waals surface area contributed by atoms with Crippen LogP contribution in [0.15, 0.2) is 36.5 Å². The van der Waals surface area contributed by atoms with Gasteiger partial charge in [-0.2, -0.15) is 0 Å². The van der Waals surface area contributed by atoms with Crippen LogP contribution in [-0.2, 0) is 0 Å². The molecule has 0 radical (unpaired) electrons. The van der Waals surface area contributed by atoms with E-state index >= 15 is 0 Å². The van der Waals surface area contributed by atoms with Gasteiger partial charge in [-0.25, -0.2) is 0 Å². The maximum atomic E-state index is 3.63. The minimum Gasteiger partial charge on any atom is -0.314 e. The van der Waals surface area contributed by atoms with E-state index in [1.165, 1.54) is 31.4 Å². The molecule has 1 rings (SSSR count). The minimum atomic E-state index is 0.716. The molecular formula is C12H19N. The molecule has 0 bridgehead atoms. The first kappa shape index (κ1) is 10.3. The first-order chi connectivity index (χ1) is 6.33. The maximum absolute atomic E-state index is 3.63. The Kier molecular flexibility index (Phi) is 4.55. The van der Waals surface area contributed by atoms with Gasteiger partial charge in [-0.3, -0.25) is 0 Å². The molecule has 1 fully saturated rings. The molecule has 0 saturated carbocycles. The molecule has 0 aromatic heterocycles. The van der Waals surface area contributed by atoms with Crippen molar-refractivity contribution in [1.82, 2.24) is 5.32 Å². The predicted molar refractivity (Wildman–Crippen MR) is 58.7 cm³/mol. The van der Waals surface area contributed by atoms with E-state index in [0.717, 1.165) is 0 Å². The third kappa shape index (κ3) is 4.09. The van der Waals surface area contributed by atoms with Gasteiger partial charge in [0, 0.05) is 6.04 Å². The highest BCUT2D eigenvalue weighted by Gasteiger charge is 2.13. The van der Waals surface area contributed by atoms with Crippen LogP contribution in [0.4, 0.5) is 0 Å². The van der Waals surface area contributed by atoms with Crippen molar-refractivity contribution in [3.63, 3.8) is 0 Å². The fraction of sp³-hybridized carbons (Fsp3) is 0.500. The maximum Gasteiger partial charge on any atom is 0.0105 e. The molecule has 1 atom stereocenters. The summed E-state index contributed by atoms with van der Waals surface area (Å²) >= 11 is 0. The van der Waals surface area contributed by atoms with Crippen molar-refractivity contribution in [2.45, 2.75) is 32.2 Å². The van der Waals surface area contributed by atoms with Gasteiger partial charge in [0.2, 0.25) is 0 Å². The van der Waals surface area contributed by atoms with Crippen molar-refractivity contribution in [1.29, 1.82) is 0 Å². The fourth-order valence-electron chi connectivity index (χ4n) is 1.69. The van der Waals surface area contributed by atoms with Crippen LogP contribution in [0, 0.1) is 0 Å². The second-order valence-corrected chi connectivity index (χ2v) is 3.63. The van der Waals surface area contributed by atoms with Crippen LogP contribution in [0.5, 0.6) is 0 Å². The lowest BCUT2D eigenvalue weighted by molar-refractivity contribution is 0.600. The summed E-state index contributed by atoms with van der Waals surface area (Å²) < 4.78 is 0. The summed E-state index contributed by atoms with van der Waals surface area (Å²) in [5.41, 5.74) is 1.44. The lowest BCUT2D eigenvalue weighted by Crippen LogP contribution is -2.21. The van der Waals surface area contributed by atoms with Gasteiger partial charge in [0.1, 0.15) is 0 Å². The standard InChI is InChI=1S/C12H19N/c1-3-4-5-7-11(2)10-12-8-6-9-13-12/h3-5,7,12-13H,1,6,8-10H2,2H3/b5-4-,11-7+. The molecule has 0 spiro atoms. The SMILES string of the molecule is C=C/C=C\C=C(/C)CC1CCCN1. The summed E-state index contributed by atoms with van der Waals surface area (Å²) in [6.07, 6.45) is 11.8. The van der Waals surface area contributed by atoms with Gasteiger partial charge in [-0.05, 0) is 32.7 Å². The molecule has 13 heavy (non-hydrogen) atoms. The first-order valence-corrected chi connectivity index (χ1v) is 5.01. The molecule has 0 amide bonds. The van der Waals surface area contributed by atoms with Gasteiger partial charge in [0.05, 0.1) is 0 Å². The van der Waals surface area contributed by atoms with Gasteiger partial charge in [-0.15, -0.1) is 0 Å². The van der Waals surface area contributed by atoms with E-state index in [0.29, 0.717) is 6.04 Å². The molecule has 1 aliphatic rings. The van der Waals surface area contributed by atoms with E-state index in [1.54, 1.807) is 6.08 Å². The highest BCUT2D eigenvalue weighted by molar-refractivity contribution is 5.15. The summed E-state index contributed by atoms with van der Waals surface area (Å²) in [5, 5.41) is 3.49. The number of allylic oxidation sites excluding steroid dienone is 4. The Hall–Kier alpha value is -0.820. The molecule has 72 valence electrons. The van der Waals surface area contributed by atoms with Gasteiger partial charge in [0.15, 0.2) is 0 Å². The number of rotatable bonds is 4. The van der Waals surface area contributed by atoms with Crippen molar-refractivity contribution in [2.24, 2.45) is 0 Å². The smallest absolute Gasteiger partial charge is 0.0105 e. The Morgan fingerprint density at radius 2 is 2.38 bits per heavy atom. The molecule has 0 aromatic rings. The monoisotopic (exact) mass is 177 g/mol. The van der Waals surface area contributed by atoms with Crippen molar-refractivity contribution < 1.29 is 0 Å². The van der Waals surface area contributed by atoms with Crippen molar-refractivity contribution >= 4 is 0 Å². The van der Waals surface area contributed by atoms with Crippen LogP contribution in [0.25, 0.3) is 0 Å². The lowest BCUT2D eigenvalue weighted by Gasteiger charge is -2.09. The third-order valence-electron chi connectivity index (χ3n) is 2.36. The van der Waals surface area contributed by atoms with Gasteiger partial charge in [-0.1, -0.05) is 36.5 Å². The zero-order valence-corrected chi connectivity index (χ0v) is 8.42. The number of hydrogen-bond donors (Lipinski definition) is 1. The number of nitrogens with one attached hydrogen (secondary N) is 1. The molecule has 1 N–H and O–H groups in total. The molecule has 1 heteroatoms. The second-order valence-electron chi connectivity index (χ2n) is 3.63. The van der Waals surface area contributed by atoms with Crippen LogP contribution >= 0.6 is 0 Å². The van der Waals surface area contributed by atoms with Crippen molar-refractivity contribution in [3.05, 3.63) is 36.5 Å². The normalized spacial score (nSPS) is 24.1. The van der Waals surface area contributed by atoms with E-state index in [1.807, 2.05) is 6.08 Å². The molecule has 1 nitrogen and oxygen atoms in total. The molecule has 1 heterocycles. The molecular weight excluding hydrogens is 158 g/mol. The van der Waals surface area contributed by atoms with Crippen molar-refractivity contribution in [3.8, 4) is 0 Å². The van der Waals surface area contributed by atoms with Gasteiger partial charge in [0.25, 0.3) is 0 Å². The van der Waals surface area contributed by atoms with Crippen LogP contribution < -0.4 is 5.32 Å². The molecule has 0 aliphatic carbocycles. The second kappa shape index (κ2) is 5.76. The minimum absolute atomic E-state index is 0.716. The first-order valence-electron chi connectivity index (χ1n) is 5.01. The largest absolute Gasteiger partial charge is 0.314 e. The Bertz CT molecular complexity index is 207. The molecule has 1 saturated heterocycles. The Balaban J connectivity index is 2.29. The van der Waals surface area contributed by atoms with E-state index < -0.39 is 0 Å². The quantitative estimate of drug-likeness (QED) is 0.651. The molecule has 1 unspecified atom stereocenters. The van der Waals surface area contributed by atoms with Crippen molar-refractivity contribution in [2.75, 3.05) is 6.54 Å². The Labute approximate surface area is 81.2 Å². The highest BCUT2D eigenvalue weighted by atomic mass is 14.9. The summed E-state index contributed by atoms with van der Waals surface area (Å²) in [4.78, 5) is 0. The summed E-state index contributed by atoms with van der Waals surface area (Å²) in [7, 11) is 0. The third-order valence-corrected chi connectivity index (χ3v) is 2.36. The van der Waals surface area contributed by atoms with Crippen LogP contribution in [0.2, 0.25) is 0 Å². The van der Waals surface area contributed by atoms with Crippen LogP contribution in [0.1, 0.15) is 26.2 Å². The van der Waals surface area contributed by atoms with Crippen LogP contribution in [0.3, 0.4) is 0 Å². The Morgan fingerprint density at radius 1 is 1.54 bits per heavy atom. The van der Waals surface area contributed by atoms with E-state index in [-0.39, 0.29) is 0 Å². The Morgan fingerprint density at radius 3 is 3.00 bits per heavy atom. The predicted octanol–water partition coefficient (Wildman–Crippen LogP) is 2.82. The average molecular weight is 177 g/mol. The average Bonchev–Trinajstić information content (AvgIpc) is 2.57. The lowest BCUT2D eigenvalue weighted by atomic mass is 10.1. The van der Waals surface area contributed by atoms with E-state index in [4.69, 9.17) is 0 Å². The van der Waals surface area contributed by atoms with E-state index in [2.05, 4.69) is 31.0 Å².